The van der Waals surface area contributed by atoms with Gasteiger partial charge in [-0.3, -0.25) is 4.79 Å². The molecule has 142 valence electrons. The van der Waals surface area contributed by atoms with Crippen molar-refractivity contribution in [2.45, 2.75) is 13.0 Å². The molecule has 28 heavy (non-hydrogen) atoms. The molecule has 7 nitrogen and oxygen atoms in total. The van der Waals surface area contributed by atoms with Gasteiger partial charge in [0, 0.05) is 21.4 Å². The summed E-state index contributed by atoms with van der Waals surface area (Å²) < 4.78 is 8.14. The Morgan fingerprint density at radius 1 is 1.25 bits per heavy atom. The molecule has 0 aliphatic carbocycles. The molecule has 1 aliphatic heterocycles. The van der Waals surface area contributed by atoms with Crippen LogP contribution in [0.15, 0.2) is 70.6 Å². The van der Waals surface area contributed by atoms with Gasteiger partial charge in [0.15, 0.2) is 0 Å². The Bertz CT molecular complexity index is 1060. The van der Waals surface area contributed by atoms with Crippen LogP contribution in [-0.2, 0) is 4.79 Å². The maximum Gasteiger partial charge on any atom is 0.255 e. The molecule has 8 heteroatoms. The molecule has 0 saturated carbocycles. The largest absolute Gasteiger partial charge is 0.496 e. The molecule has 1 aliphatic rings. The summed E-state index contributed by atoms with van der Waals surface area (Å²) >= 11 is 3.52. The summed E-state index contributed by atoms with van der Waals surface area (Å²) in [6, 6.07) is 14.5. The fourth-order valence-corrected chi connectivity index (χ4v) is 3.69. The van der Waals surface area contributed by atoms with E-state index in [-0.39, 0.29) is 5.91 Å². The highest BCUT2D eigenvalue weighted by Gasteiger charge is 2.35. The molecule has 2 heterocycles. The molecular weight excluding hydrogens is 422 g/mol. The lowest BCUT2D eigenvalue weighted by molar-refractivity contribution is -0.113. The van der Waals surface area contributed by atoms with Crippen molar-refractivity contribution >= 4 is 33.5 Å². The number of carbonyl (C=O) groups is 1. The molecule has 1 atom stereocenters. The van der Waals surface area contributed by atoms with Crippen molar-refractivity contribution in [3.05, 3.63) is 76.2 Å². The number of allylic oxidation sites excluding steroid dienone is 1. The lowest BCUT2D eigenvalue weighted by Crippen LogP contribution is -2.31. The monoisotopic (exact) mass is 439 g/mol. The third kappa shape index (κ3) is 3.27. The number of hydrogen-bond acceptors (Lipinski definition) is 5. The summed E-state index contributed by atoms with van der Waals surface area (Å²) in [5.41, 5.74) is 2.78. The Kier molecular flexibility index (Phi) is 4.87. The Labute approximate surface area is 170 Å². The Balaban J connectivity index is 1.83. The summed E-state index contributed by atoms with van der Waals surface area (Å²) in [5.74, 6) is 1.01. The first-order valence-corrected chi connectivity index (χ1v) is 9.45. The molecule has 0 unspecified atom stereocenters. The van der Waals surface area contributed by atoms with Gasteiger partial charge in [-0.15, -0.1) is 0 Å². The lowest BCUT2D eigenvalue weighted by Gasteiger charge is -2.29. The van der Waals surface area contributed by atoms with Crippen molar-refractivity contribution in [2.24, 2.45) is 0 Å². The lowest BCUT2D eigenvalue weighted by atomic mass is 9.94. The van der Waals surface area contributed by atoms with E-state index in [0.717, 1.165) is 15.7 Å². The van der Waals surface area contributed by atoms with E-state index < -0.39 is 6.04 Å². The zero-order chi connectivity index (χ0) is 19.7. The molecule has 2 N–H and O–H groups in total. The number of methoxy groups -OCH3 is 1. The van der Waals surface area contributed by atoms with E-state index in [4.69, 9.17) is 4.74 Å². The average Bonchev–Trinajstić information content (AvgIpc) is 3.15. The van der Waals surface area contributed by atoms with Crippen molar-refractivity contribution in [3.8, 4) is 5.75 Å². The first-order chi connectivity index (χ1) is 13.6. The number of halogens is 1. The molecular formula is C20H18BrN5O2. The summed E-state index contributed by atoms with van der Waals surface area (Å²) in [6.07, 6.45) is 1.46. The highest BCUT2D eigenvalue weighted by Crippen LogP contribution is 2.40. The summed E-state index contributed by atoms with van der Waals surface area (Å²) in [7, 11) is 1.61. The maximum atomic E-state index is 13.3. The first-order valence-electron chi connectivity index (χ1n) is 8.65. The van der Waals surface area contributed by atoms with Crippen molar-refractivity contribution in [3.63, 3.8) is 0 Å². The quantitative estimate of drug-likeness (QED) is 0.642. The van der Waals surface area contributed by atoms with Gasteiger partial charge in [0.25, 0.3) is 5.91 Å². The van der Waals surface area contributed by atoms with Crippen molar-refractivity contribution in [1.29, 1.82) is 0 Å². The fourth-order valence-electron chi connectivity index (χ4n) is 3.31. The second-order valence-electron chi connectivity index (χ2n) is 6.30. The van der Waals surface area contributed by atoms with Crippen LogP contribution in [0, 0.1) is 0 Å². The number of nitrogens with zero attached hydrogens (tertiary/aromatic N) is 3. The number of amides is 1. The van der Waals surface area contributed by atoms with Gasteiger partial charge < -0.3 is 15.4 Å². The SMILES string of the molecule is COc1ccc(Br)cc1[C@@H]1C(C(=O)Nc2ccccc2)=C(C)Nc2ncnn21. The predicted octanol–water partition coefficient (Wildman–Crippen LogP) is 3.98. The third-order valence-electron chi connectivity index (χ3n) is 4.56. The van der Waals surface area contributed by atoms with Gasteiger partial charge in [-0.2, -0.15) is 10.1 Å². The van der Waals surface area contributed by atoms with Crippen LogP contribution in [0.5, 0.6) is 5.75 Å². The minimum Gasteiger partial charge on any atom is -0.496 e. The van der Waals surface area contributed by atoms with Crippen molar-refractivity contribution < 1.29 is 9.53 Å². The minimum atomic E-state index is -0.491. The Morgan fingerprint density at radius 3 is 2.79 bits per heavy atom. The zero-order valence-electron chi connectivity index (χ0n) is 15.3. The number of benzene rings is 2. The van der Waals surface area contributed by atoms with Crippen LogP contribution < -0.4 is 15.4 Å². The molecule has 0 saturated heterocycles. The topological polar surface area (TPSA) is 81.1 Å². The minimum absolute atomic E-state index is 0.218. The molecule has 2 aromatic carbocycles. The second-order valence-corrected chi connectivity index (χ2v) is 7.22. The third-order valence-corrected chi connectivity index (χ3v) is 5.05. The number of ether oxygens (including phenoxy) is 1. The van der Waals surface area contributed by atoms with Gasteiger partial charge in [0.1, 0.15) is 18.1 Å². The van der Waals surface area contributed by atoms with Gasteiger partial charge in [0.05, 0.1) is 12.7 Å². The van der Waals surface area contributed by atoms with Crippen LogP contribution in [0.25, 0.3) is 0 Å². The highest BCUT2D eigenvalue weighted by atomic mass is 79.9. The van der Waals surface area contributed by atoms with E-state index in [0.29, 0.717) is 23.0 Å². The van der Waals surface area contributed by atoms with Gasteiger partial charge in [-0.1, -0.05) is 34.1 Å². The van der Waals surface area contributed by atoms with Crippen LogP contribution in [0.1, 0.15) is 18.5 Å². The van der Waals surface area contributed by atoms with Crippen LogP contribution in [-0.4, -0.2) is 27.8 Å². The average molecular weight is 440 g/mol. The molecule has 0 fully saturated rings. The molecule has 1 aromatic heterocycles. The van der Waals surface area contributed by atoms with Crippen molar-refractivity contribution in [2.75, 3.05) is 17.7 Å². The summed E-state index contributed by atoms with van der Waals surface area (Å²) in [6.45, 7) is 1.86. The van der Waals surface area contributed by atoms with E-state index >= 15 is 0 Å². The van der Waals surface area contributed by atoms with Gasteiger partial charge in [-0.25, -0.2) is 4.68 Å². The number of anilines is 2. The smallest absolute Gasteiger partial charge is 0.255 e. The van der Waals surface area contributed by atoms with Gasteiger partial charge in [-0.05, 0) is 37.3 Å². The number of nitrogens with one attached hydrogen (secondary N) is 2. The van der Waals surface area contributed by atoms with E-state index in [1.807, 2.05) is 55.5 Å². The van der Waals surface area contributed by atoms with Crippen LogP contribution in [0.3, 0.4) is 0 Å². The van der Waals surface area contributed by atoms with E-state index in [1.54, 1.807) is 11.8 Å². The van der Waals surface area contributed by atoms with E-state index in [1.165, 1.54) is 6.33 Å². The van der Waals surface area contributed by atoms with Crippen LogP contribution in [0.2, 0.25) is 0 Å². The Morgan fingerprint density at radius 2 is 2.04 bits per heavy atom. The number of hydrogen-bond donors (Lipinski definition) is 2. The number of fused-ring (bicyclic) bond motifs is 1. The van der Waals surface area contributed by atoms with Crippen molar-refractivity contribution in [1.82, 2.24) is 14.8 Å². The normalized spacial score (nSPS) is 15.6. The molecule has 1 amide bonds. The zero-order valence-corrected chi connectivity index (χ0v) is 16.9. The summed E-state index contributed by atoms with van der Waals surface area (Å²) in [5, 5.41) is 10.5. The fraction of sp³-hybridized carbons (Fsp3) is 0.150. The standard InChI is InChI=1S/C20H18BrN5O2/c1-12-17(19(27)25-14-6-4-3-5-7-14)18(26-20(24-12)22-11-23-26)15-10-13(21)8-9-16(15)28-2/h3-11,18H,1-2H3,(H,25,27)(H,22,23,24)/t18-/m1/s1. The summed E-state index contributed by atoms with van der Waals surface area (Å²) in [4.78, 5) is 17.5. The van der Waals surface area contributed by atoms with E-state index in [2.05, 4.69) is 36.6 Å². The molecule has 0 radical (unpaired) electrons. The number of aromatic nitrogens is 3. The molecule has 4 rings (SSSR count). The van der Waals surface area contributed by atoms with Crippen LogP contribution >= 0.6 is 15.9 Å². The highest BCUT2D eigenvalue weighted by molar-refractivity contribution is 9.10. The Hall–Kier alpha value is -3.13. The number of carbonyl (C=O) groups excluding carboxylic acids is 1. The molecule has 0 spiro atoms. The number of para-hydroxylation sites is 1. The molecule has 3 aromatic rings. The van der Waals surface area contributed by atoms with Gasteiger partial charge >= 0.3 is 0 Å². The second kappa shape index (κ2) is 7.47. The predicted molar refractivity (Wildman–Crippen MR) is 110 cm³/mol. The number of rotatable bonds is 4. The van der Waals surface area contributed by atoms with E-state index in [9.17, 15) is 4.79 Å². The first kappa shape index (κ1) is 18.2. The molecule has 0 bridgehead atoms. The van der Waals surface area contributed by atoms with Gasteiger partial charge in [0.2, 0.25) is 5.95 Å². The maximum absolute atomic E-state index is 13.3. The van der Waals surface area contributed by atoms with Crippen LogP contribution in [0.4, 0.5) is 11.6 Å².